The Kier molecular flexibility index (Phi) is 34.3. The predicted molar refractivity (Wildman–Crippen MR) is 366 cm³/mol. The molecule has 0 aromatic heterocycles. The summed E-state index contributed by atoms with van der Waals surface area (Å²) in [5.41, 5.74) is 9.20. The van der Waals surface area contributed by atoms with Gasteiger partial charge in [-0.25, -0.2) is 18.9 Å². The quantitative estimate of drug-likeness (QED) is 0.0241. The largest absolute Gasteiger partial charge is 0.510 e. The number of Topliss-reactive ketones (excluding diaryl/α,β-unsaturated/α-hetero) is 1. The number of aliphatic hydroxyl groups excluding tert-OH is 11. The highest BCUT2D eigenvalue weighted by atomic mass is 31.2. The average molecular weight is 1570 g/mol. The highest BCUT2D eigenvalue weighted by Crippen LogP contribution is 2.48. The van der Waals surface area contributed by atoms with Crippen LogP contribution in [-0.4, -0.2) is 299 Å². The molecule has 0 aromatic rings. The number of amides is 4. The van der Waals surface area contributed by atoms with Crippen molar-refractivity contribution in [1.82, 2.24) is 16.0 Å². The number of carbonyl (C=O) groups excluding carboxylic acids is 5. The monoisotopic (exact) mass is 1570 g/mol. The summed E-state index contributed by atoms with van der Waals surface area (Å²) in [6, 6.07) is -4.02. The van der Waals surface area contributed by atoms with Crippen molar-refractivity contribution in [2.75, 3.05) is 26.4 Å². The molecule has 6 aliphatic rings. The van der Waals surface area contributed by atoms with Gasteiger partial charge in [0.25, 0.3) is 5.91 Å². The summed E-state index contributed by atoms with van der Waals surface area (Å²) in [5.74, 6) is -8.19. The predicted octanol–water partition coefficient (Wildman–Crippen LogP) is -1.82. The highest BCUT2D eigenvalue weighted by Gasteiger charge is 2.59. The van der Waals surface area contributed by atoms with Gasteiger partial charge in [-0.15, -0.1) is 0 Å². The van der Waals surface area contributed by atoms with E-state index in [1.54, 1.807) is 13.0 Å². The molecule has 1 unspecified atom stereocenters. The first-order valence-electron chi connectivity index (χ1n) is 34.9. The molecular weight excluding hydrogens is 1460 g/mol. The van der Waals surface area contributed by atoms with Gasteiger partial charge in [-0.3, -0.25) is 28.2 Å². The molecular formula is C68H105N4O35P. The number of ether oxygens (including phenoxy) is 11. The van der Waals surface area contributed by atoms with Gasteiger partial charge in [-0.05, 0) is 85.0 Å². The number of aliphatic hydroxyl groups is 11. The van der Waals surface area contributed by atoms with Gasteiger partial charge in [0.05, 0.1) is 32.5 Å². The van der Waals surface area contributed by atoms with Crippen molar-refractivity contribution in [3.63, 3.8) is 0 Å². The van der Waals surface area contributed by atoms with Crippen LogP contribution >= 0.6 is 7.82 Å². The van der Waals surface area contributed by atoms with Crippen LogP contribution in [0.15, 0.2) is 70.7 Å². The summed E-state index contributed by atoms with van der Waals surface area (Å²) in [4.78, 5) is 101. The number of primary amides is 1. The number of ketones is 1. The minimum Gasteiger partial charge on any atom is -0.510 e. The topological polar surface area (TPSA) is 602 Å². The fourth-order valence-electron chi connectivity index (χ4n) is 12.3. The Balaban J connectivity index is 1.23. The summed E-state index contributed by atoms with van der Waals surface area (Å²) >= 11 is 0. The second-order valence-corrected chi connectivity index (χ2v) is 29.5. The number of aliphatic carboxylic acids is 2. The second kappa shape index (κ2) is 40.9. The van der Waals surface area contributed by atoms with E-state index >= 15 is 0 Å². The zero-order chi connectivity index (χ0) is 80.6. The number of hydrogen-bond donors (Lipinski definition) is 18. The fourth-order valence-corrected chi connectivity index (χ4v) is 13.1. The maximum absolute atomic E-state index is 14.0. The first kappa shape index (κ1) is 90.7. The Hall–Kier alpha value is -6.16. The Morgan fingerprint density at radius 1 is 0.667 bits per heavy atom. The molecule has 0 bridgehead atoms. The van der Waals surface area contributed by atoms with E-state index in [1.807, 2.05) is 6.08 Å². The number of carbonyl (C=O) groups is 7. The van der Waals surface area contributed by atoms with E-state index in [4.69, 9.17) is 66.9 Å². The molecule has 4 amide bonds. The molecule has 0 spiro atoms. The number of carboxylic acids is 2. The van der Waals surface area contributed by atoms with Gasteiger partial charge < -0.3 is 145 Å². The van der Waals surface area contributed by atoms with E-state index in [0.29, 0.717) is 12.8 Å². The Morgan fingerprint density at radius 3 is 1.83 bits per heavy atom. The first-order valence-corrected chi connectivity index (χ1v) is 36.4. The number of phosphoric ester groups is 1. The first-order chi connectivity index (χ1) is 50.5. The summed E-state index contributed by atoms with van der Waals surface area (Å²) in [7, 11) is -5.87. The minimum absolute atomic E-state index is 0.130. The van der Waals surface area contributed by atoms with Gasteiger partial charge >= 0.3 is 25.9 Å². The Morgan fingerprint density at radius 2 is 1.24 bits per heavy atom. The van der Waals surface area contributed by atoms with Crippen LogP contribution in [0, 0.1) is 5.41 Å². The second-order valence-electron chi connectivity index (χ2n) is 28.1. The van der Waals surface area contributed by atoms with Crippen LogP contribution < -0.4 is 21.7 Å². The van der Waals surface area contributed by atoms with E-state index in [0.717, 1.165) is 57.1 Å². The van der Waals surface area contributed by atoms with Crippen LogP contribution in [0.25, 0.3) is 0 Å². The molecule has 39 nitrogen and oxygen atoms in total. The van der Waals surface area contributed by atoms with Crippen LogP contribution in [0.5, 0.6) is 0 Å². The van der Waals surface area contributed by atoms with E-state index in [1.165, 1.54) is 18.1 Å². The molecule has 612 valence electrons. The van der Waals surface area contributed by atoms with E-state index in [2.05, 4.69) is 75.4 Å². The Labute approximate surface area is 621 Å². The third kappa shape index (κ3) is 25.4. The van der Waals surface area contributed by atoms with Crippen molar-refractivity contribution in [1.29, 1.82) is 0 Å². The fraction of sp³-hybridized carbons (Fsp3) is 0.721. The van der Waals surface area contributed by atoms with Gasteiger partial charge in [0.1, 0.15) is 103 Å². The molecule has 6 rings (SSSR count). The van der Waals surface area contributed by atoms with Crippen molar-refractivity contribution in [3.05, 3.63) is 70.7 Å². The number of nitrogens with one attached hydrogen (secondary N) is 3. The lowest BCUT2D eigenvalue weighted by Crippen LogP contribution is -2.71. The van der Waals surface area contributed by atoms with Crippen LogP contribution in [0.2, 0.25) is 0 Å². The normalized spacial score (nSPS) is 35.1. The maximum Gasteiger partial charge on any atom is 0.474 e. The molecule has 0 saturated carbocycles. The molecule has 0 radical (unpaired) electrons. The standard InChI is InChI=1S/C68H105N4O35P/c1-29(2)14-13-16-30(3)17-18-32(5)21-24-68(9,10)23-12-11-15-31(4)22-25-95-40(60(88)89)28-97-108(93,94)107-66-58(55(106-67(69)92)52(86)57(104-66)61(90)91)105-63-43(71-35(8)75)46(80)54(39(100-63)27-96-64-50(84)47(81)44(78)38(26-73)99-64)102-62-42(70-34(7)74)45(79)53(33(6)98-62)101-65-51(85)48(82)49(83)56(103-65)59(87)72-41-36(76)19-20-37(41)77/h12,14,17,22-23,33,38-40,42-58,62-66,73,76,78-86H,5,11,13,15-16,18-21,24-28H2,1-4,6-10H3,(H2,69,92)(H,70,74)(H,71,75)(H,72,87)(H,88,89)(H,90,91)(H,93,94)/b23-12+,30-17+,31-22+/t33-,38-,39-,40-,42-,43-,44-,45-,46-,47+,48+,49-,50-,51-,52-,53-,54-,55+,56+,57+,58-,62+,63+,64-,65-,66-/m1/s1. The van der Waals surface area contributed by atoms with Gasteiger partial charge in [-0.1, -0.05) is 73.1 Å². The zero-order valence-corrected chi connectivity index (χ0v) is 62.1. The summed E-state index contributed by atoms with van der Waals surface area (Å²) in [6.07, 6.45) is -38.5. The number of phosphoric acid groups is 1. The van der Waals surface area contributed by atoms with Crippen molar-refractivity contribution in [2.45, 2.75) is 280 Å². The molecule has 108 heavy (non-hydrogen) atoms. The van der Waals surface area contributed by atoms with E-state index < -0.39 is 240 Å². The van der Waals surface area contributed by atoms with Crippen molar-refractivity contribution < 1.29 is 171 Å². The molecule has 5 saturated heterocycles. The molecule has 5 aliphatic heterocycles. The lowest BCUT2D eigenvalue weighted by atomic mass is 9.85. The molecule has 0 aromatic carbocycles. The number of rotatable bonds is 37. The summed E-state index contributed by atoms with van der Waals surface area (Å²) in [5, 5.41) is 149. The molecule has 40 heteroatoms. The molecule has 5 heterocycles. The van der Waals surface area contributed by atoms with E-state index in [9.17, 15) is 109 Å². The third-order valence-corrected chi connectivity index (χ3v) is 19.4. The zero-order valence-electron chi connectivity index (χ0n) is 61.2. The average Bonchev–Trinajstić information content (AvgIpc) is 0.801. The van der Waals surface area contributed by atoms with E-state index in [-0.39, 0.29) is 24.9 Å². The minimum atomic E-state index is -5.87. The van der Waals surface area contributed by atoms with Crippen molar-refractivity contribution in [3.8, 4) is 0 Å². The molecule has 5 fully saturated rings. The molecule has 19 N–H and O–H groups in total. The lowest BCUT2D eigenvalue weighted by molar-refractivity contribution is -0.371. The van der Waals surface area contributed by atoms with Crippen molar-refractivity contribution in [2.24, 2.45) is 11.1 Å². The SMILES string of the molecule is C=C(C/C=C(\C)CCC=C(C)C)CCC(C)(C)/C=C/CC/C(C)=C/CO[C@H](COP(=O)(O)O[C@H]1O[C@H](C(=O)O)[C@H](O)[C@H](OC(N)=O)[C@H]1O[C@@H]1O[C@H](CO[C@@H]2O[C@H](CO)[C@@H](O)[C@H](O)[C@H]2O)[C@@H](O[C@@H]2O[C@H](C)[C@@H](O[C@@H]3O[C@H](C(=O)NC4=C(O)CCC4=O)[C@H](O)[C@H](O)[C@H]3O)[C@H](O)[C@H]2NC(C)=O)[C@H](O)[C@H]1NC(C)=O)C(=O)O. The number of allylic oxidation sites excluding steroid dienone is 10. The van der Waals surface area contributed by atoms with Gasteiger partial charge in [0.15, 0.2) is 67.8 Å². The lowest BCUT2D eigenvalue weighted by Gasteiger charge is -2.50. The summed E-state index contributed by atoms with van der Waals surface area (Å²) < 4.78 is 87.9. The van der Waals surface area contributed by atoms with Crippen LogP contribution in [0.3, 0.4) is 0 Å². The Bertz CT molecular complexity index is 3310. The molecule has 1 aliphatic carbocycles. The smallest absolute Gasteiger partial charge is 0.474 e. The highest BCUT2D eigenvalue weighted by molar-refractivity contribution is 7.47. The van der Waals surface area contributed by atoms with Crippen LogP contribution in [-0.2, 0) is 94.5 Å². The van der Waals surface area contributed by atoms with Crippen LogP contribution in [0.1, 0.15) is 120 Å². The maximum atomic E-state index is 14.0. The van der Waals surface area contributed by atoms with Gasteiger partial charge in [-0.2, -0.15) is 0 Å². The van der Waals surface area contributed by atoms with Crippen LogP contribution in [0.4, 0.5) is 4.79 Å². The van der Waals surface area contributed by atoms with Gasteiger partial charge in [0, 0.05) is 26.7 Å². The number of carboxylic acid groups (broad SMARTS) is 2. The number of nitrogens with two attached hydrogens (primary N) is 1. The summed E-state index contributed by atoms with van der Waals surface area (Å²) in [6.45, 7) is 15.9. The number of hydrogen-bond acceptors (Lipinski definition) is 32. The van der Waals surface area contributed by atoms with Crippen molar-refractivity contribution >= 4 is 49.4 Å². The molecule has 27 atom stereocenters. The third-order valence-electron chi connectivity index (χ3n) is 18.5. The van der Waals surface area contributed by atoms with Gasteiger partial charge in [0.2, 0.25) is 11.8 Å².